The molecule has 1 saturated carbocycles. The maximum atomic E-state index is 9.74. The number of rotatable bonds is 7. The van der Waals surface area contributed by atoms with Gasteiger partial charge in [0.05, 0.1) is 6.10 Å². The average molecular weight is 302 g/mol. The fraction of sp³-hybridized carbons (Fsp3) is 0.684. The van der Waals surface area contributed by atoms with Crippen molar-refractivity contribution in [2.75, 3.05) is 26.2 Å². The fourth-order valence-corrected chi connectivity index (χ4v) is 3.61. The molecule has 1 unspecified atom stereocenters. The summed E-state index contributed by atoms with van der Waals surface area (Å²) in [5.74, 6) is 1.55. The summed E-state index contributed by atoms with van der Waals surface area (Å²) in [6.45, 7) is 6.38. The molecular formula is C19H30N2O. The van der Waals surface area contributed by atoms with Gasteiger partial charge in [-0.25, -0.2) is 0 Å². The van der Waals surface area contributed by atoms with Gasteiger partial charge in [0.2, 0.25) is 0 Å². The molecule has 2 aliphatic rings. The highest BCUT2D eigenvalue weighted by molar-refractivity contribution is 5.27. The molecule has 1 aliphatic carbocycles. The van der Waals surface area contributed by atoms with E-state index in [-0.39, 0.29) is 6.10 Å². The Labute approximate surface area is 134 Å². The maximum absolute atomic E-state index is 9.74. The Balaban J connectivity index is 1.33. The van der Waals surface area contributed by atoms with E-state index in [9.17, 15) is 5.11 Å². The Morgan fingerprint density at radius 3 is 2.64 bits per heavy atom. The van der Waals surface area contributed by atoms with Gasteiger partial charge < -0.3 is 15.3 Å². The molecule has 0 amide bonds. The molecule has 1 aromatic rings. The van der Waals surface area contributed by atoms with Crippen LogP contribution in [0.15, 0.2) is 30.3 Å². The van der Waals surface area contributed by atoms with E-state index >= 15 is 0 Å². The average Bonchev–Trinajstić information content (AvgIpc) is 3.34. The lowest BCUT2D eigenvalue weighted by Crippen LogP contribution is -2.41. The summed E-state index contributed by atoms with van der Waals surface area (Å²) in [4.78, 5) is 2.43. The summed E-state index contributed by atoms with van der Waals surface area (Å²) >= 11 is 0. The normalized spacial score (nSPS) is 27.7. The number of benzene rings is 1. The van der Waals surface area contributed by atoms with Crippen LogP contribution >= 0.6 is 0 Å². The van der Waals surface area contributed by atoms with Crippen LogP contribution in [-0.4, -0.2) is 48.3 Å². The van der Waals surface area contributed by atoms with Gasteiger partial charge in [-0.3, -0.25) is 0 Å². The number of hydrogen-bond donors (Lipinski definition) is 2. The molecule has 1 aliphatic heterocycles. The first-order valence-corrected chi connectivity index (χ1v) is 8.95. The fourth-order valence-electron chi connectivity index (χ4n) is 3.61. The lowest BCUT2D eigenvalue weighted by molar-refractivity contribution is 0.0867. The van der Waals surface area contributed by atoms with Gasteiger partial charge in [-0.1, -0.05) is 37.3 Å². The van der Waals surface area contributed by atoms with Crippen LogP contribution in [0.4, 0.5) is 0 Å². The first-order chi connectivity index (χ1) is 10.8. The van der Waals surface area contributed by atoms with Gasteiger partial charge in [-0.2, -0.15) is 0 Å². The lowest BCUT2D eigenvalue weighted by Gasteiger charge is -2.33. The molecule has 0 radical (unpaired) electrons. The van der Waals surface area contributed by atoms with Crippen LogP contribution in [0.25, 0.3) is 0 Å². The van der Waals surface area contributed by atoms with E-state index < -0.39 is 0 Å². The quantitative estimate of drug-likeness (QED) is 0.813. The second kappa shape index (κ2) is 7.58. The monoisotopic (exact) mass is 302 g/mol. The molecule has 122 valence electrons. The van der Waals surface area contributed by atoms with Crippen molar-refractivity contribution >= 4 is 0 Å². The summed E-state index contributed by atoms with van der Waals surface area (Å²) in [6.07, 6.45) is 4.56. The van der Waals surface area contributed by atoms with Crippen molar-refractivity contribution in [3.05, 3.63) is 35.9 Å². The number of β-amino-alcohol motifs (C(OH)–C–C–N with tert-alkyl or cyclic N) is 1. The topological polar surface area (TPSA) is 35.5 Å². The highest BCUT2D eigenvalue weighted by Crippen LogP contribution is 2.40. The van der Waals surface area contributed by atoms with Crippen molar-refractivity contribution in [2.24, 2.45) is 5.92 Å². The summed E-state index contributed by atoms with van der Waals surface area (Å²) in [6, 6.07) is 11.6. The predicted octanol–water partition coefficient (Wildman–Crippen LogP) is 2.62. The smallest absolute Gasteiger partial charge is 0.0664 e. The molecule has 1 saturated heterocycles. The minimum absolute atomic E-state index is 0.146. The molecule has 1 aromatic carbocycles. The highest BCUT2D eigenvalue weighted by atomic mass is 16.3. The Bertz CT molecular complexity index is 442. The zero-order valence-electron chi connectivity index (χ0n) is 13.7. The number of aliphatic hydroxyl groups excluding tert-OH is 1. The molecule has 0 bridgehead atoms. The Morgan fingerprint density at radius 1 is 1.23 bits per heavy atom. The number of nitrogens with one attached hydrogen (secondary N) is 1. The molecule has 3 rings (SSSR count). The van der Waals surface area contributed by atoms with E-state index in [1.165, 1.54) is 24.8 Å². The summed E-state index contributed by atoms with van der Waals surface area (Å²) in [5, 5.41) is 13.5. The third kappa shape index (κ3) is 4.31. The number of nitrogens with zero attached hydrogens (tertiary/aromatic N) is 1. The van der Waals surface area contributed by atoms with Gasteiger partial charge in [0.25, 0.3) is 0 Å². The van der Waals surface area contributed by atoms with E-state index in [2.05, 4.69) is 47.5 Å². The molecule has 22 heavy (non-hydrogen) atoms. The second-order valence-corrected chi connectivity index (χ2v) is 7.07. The van der Waals surface area contributed by atoms with E-state index in [1.54, 1.807) is 0 Å². The standard InChI is InChI=1S/C19H30N2O/c1-2-17(22)14-21-10-8-15(9-11-21)13-20-19-12-18(19)16-6-4-3-5-7-16/h3-7,15,17-20,22H,2,8-14H2,1H3/t17?,18-,19+/m0/s1. The molecule has 1 heterocycles. The number of hydrogen-bond acceptors (Lipinski definition) is 3. The van der Waals surface area contributed by atoms with Crippen molar-refractivity contribution in [2.45, 2.75) is 50.7 Å². The van der Waals surface area contributed by atoms with E-state index in [0.29, 0.717) is 6.04 Å². The number of aliphatic hydroxyl groups is 1. The third-order valence-corrected chi connectivity index (χ3v) is 5.33. The summed E-state index contributed by atoms with van der Waals surface area (Å²) in [7, 11) is 0. The van der Waals surface area contributed by atoms with E-state index in [4.69, 9.17) is 0 Å². The van der Waals surface area contributed by atoms with Crippen LogP contribution in [0.2, 0.25) is 0 Å². The Morgan fingerprint density at radius 2 is 1.95 bits per heavy atom. The van der Waals surface area contributed by atoms with Crippen molar-refractivity contribution in [1.29, 1.82) is 0 Å². The van der Waals surface area contributed by atoms with Crippen LogP contribution < -0.4 is 5.32 Å². The third-order valence-electron chi connectivity index (χ3n) is 5.33. The van der Waals surface area contributed by atoms with Crippen LogP contribution in [0.3, 0.4) is 0 Å². The van der Waals surface area contributed by atoms with Crippen molar-refractivity contribution in [3.8, 4) is 0 Å². The van der Waals surface area contributed by atoms with Gasteiger partial charge in [-0.05, 0) is 56.8 Å². The van der Waals surface area contributed by atoms with Gasteiger partial charge in [0, 0.05) is 18.5 Å². The maximum Gasteiger partial charge on any atom is 0.0664 e. The molecule has 3 nitrogen and oxygen atoms in total. The molecule has 0 aromatic heterocycles. The van der Waals surface area contributed by atoms with Gasteiger partial charge >= 0.3 is 0 Å². The zero-order chi connectivity index (χ0) is 15.4. The second-order valence-electron chi connectivity index (χ2n) is 7.07. The van der Waals surface area contributed by atoms with E-state index in [0.717, 1.165) is 44.4 Å². The van der Waals surface area contributed by atoms with Crippen molar-refractivity contribution in [1.82, 2.24) is 10.2 Å². The summed E-state index contributed by atoms with van der Waals surface area (Å²) < 4.78 is 0. The number of likely N-dealkylation sites (tertiary alicyclic amines) is 1. The van der Waals surface area contributed by atoms with Gasteiger partial charge in [-0.15, -0.1) is 0 Å². The largest absolute Gasteiger partial charge is 0.392 e. The van der Waals surface area contributed by atoms with Gasteiger partial charge in [0.15, 0.2) is 0 Å². The Kier molecular flexibility index (Phi) is 5.51. The molecule has 0 spiro atoms. The predicted molar refractivity (Wildman–Crippen MR) is 91.1 cm³/mol. The lowest BCUT2D eigenvalue weighted by atomic mass is 9.96. The minimum Gasteiger partial charge on any atom is -0.392 e. The van der Waals surface area contributed by atoms with Crippen LogP contribution in [0.1, 0.15) is 44.1 Å². The highest BCUT2D eigenvalue weighted by Gasteiger charge is 2.38. The van der Waals surface area contributed by atoms with Crippen LogP contribution in [0, 0.1) is 5.92 Å². The molecular weight excluding hydrogens is 272 g/mol. The molecule has 3 atom stereocenters. The van der Waals surface area contributed by atoms with Crippen LogP contribution in [0.5, 0.6) is 0 Å². The minimum atomic E-state index is -0.146. The molecule has 2 fully saturated rings. The van der Waals surface area contributed by atoms with E-state index in [1.807, 2.05) is 0 Å². The number of piperidine rings is 1. The zero-order valence-corrected chi connectivity index (χ0v) is 13.7. The van der Waals surface area contributed by atoms with Crippen molar-refractivity contribution < 1.29 is 5.11 Å². The van der Waals surface area contributed by atoms with Gasteiger partial charge in [0.1, 0.15) is 0 Å². The molecule has 2 N–H and O–H groups in total. The van der Waals surface area contributed by atoms with Crippen molar-refractivity contribution in [3.63, 3.8) is 0 Å². The first kappa shape index (κ1) is 16.0. The first-order valence-electron chi connectivity index (χ1n) is 8.95. The van der Waals surface area contributed by atoms with Crippen LogP contribution in [-0.2, 0) is 0 Å². The SMILES string of the molecule is CCC(O)CN1CCC(CN[C@@H]2C[C@H]2c2ccccc2)CC1. The Hall–Kier alpha value is -0.900. The summed E-state index contributed by atoms with van der Waals surface area (Å²) in [5.41, 5.74) is 1.49. The molecule has 3 heteroatoms.